The lowest BCUT2D eigenvalue weighted by Gasteiger charge is -2.19. The number of carbonyl (C=O) groups excluding carboxylic acids is 2. The Balaban J connectivity index is 2.05. The molecular weight excluding hydrogens is 276 g/mol. The van der Waals surface area contributed by atoms with Crippen LogP contribution < -0.4 is 5.01 Å². The molecule has 0 atom stereocenters. The summed E-state index contributed by atoms with van der Waals surface area (Å²) in [6.45, 7) is 6.38. The Labute approximate surface area is 130 Å². The molecule has 0 N–H and O–H groups in total. The van der Waals surface area contributed by atoms with Gasteiger partial charge in [0.15, 0.2) is 0 Å². The van der Waals surface area contributed by atoms with Crippen molar-refractivity contribution in [3.63, 3.8) is 0 Å². The third-order valence-corrected chi connectivity index (χ3v) is 4.02. The van der Waals surface area contributed by atoms with Crippen LogP contribution in [0.1, 0.15) is 52.7 Å². The zero-order valence-corrected chi connectivity index (χ0v) is 13.2. The van der Waals surface area contributed by atoms with Gasteiger partial charge in [-0.3, -0.25) is 14.3 Å². The third kappa shape index (κ3) is 2.15. The standard InChI is InChI=1S/C18H20N2O2/c1-4-16-13(11-12(2)3)9-10-19(16)20-17(21)14-7-5-6-8-15(14)18(20)22/h5-10,12H,4,11H2,1-3H3. The summed E-state index contributed by atoms with van der Waals surface area (Å²) in [6, 6.07) is 9.00. The highest BCUT2D eigenvalue weighted by Crippen LogP contribution is 2.25. The second-order valence-corrected chi connectivity index (χ2v) is 6.05. The molecule has 0 spiro atoms. The maximum absolute atomic E-state index is 12.6. The molecule has 1 aromatic heterocycles. The molecule has 4 nitrogen and oxygen atoms in total. The first kappa shape index (κ1) is 14.6. The second kappa shape index (κ2) is 5.44. The monoisotopic (exact) mass is 296 g/mol. The van der Waals surface area contributed by atoms with Crippen molar-refractivity contribution in [2.75, 3.05) is 5.01 Å². The highest BCUT2D eigenvalue weighted by atomic mass is 16.2. The Morgan fingerprint density at radius 1 is 1.00 bits per heavy atom. The molecule has 0 saturated carbocycles. The first-order chi connectivity index (χ1) is 10.5. The molecule has 4 heteroatoms. The number of imide groups is 1. The number of fused-ring (bicyclic) bond motifs is 1. The Morgan fingerprint density at radius 3 is 2.09 bits per heavy atom. The van der Waals surface area contributed by atoms with Gasteiger partial charge in [0, 0.05) is 11.9 Å². The molecule has 3 rings (SSSR count). The Bertz CT molecular complexity index is 708. The van der Waals surface area contributed by atoms with Crippen LogP contribution in [0.2, 0.25) is 0 Å². The van der Waals surface area contributed by atoms with Crippen molar-refractivity contribution in [1.82, 2.24) is 4.68 Å². The lowest BCUT2D eigenvalue weighted by atomic mass is 10.0. The highest BCUT2D eigenvalue weighted by molar-refractivity contribution is 6.30. The zero-order valence-electron chi connectivity index (χ0n) is 13.2. The fraction of sp³-hybridized carbons (Fsp3) is 0.333. The Kier molecular flexibility index (Phi) is 3.61. The van der Waals surface area contributed by atoms with Gasteiger partial charge in [0.05, 0.1) is 11.1 Å². The van der Waals surface area contributed by atoms with E-state index in [1.165, 1.54) is 10.6 Å². The summed E-state index contributed by atoms with van der Waals surface area (Å²) in [5.41, 5.74) is 3.19. The van der Waals surface area contributed by atoms with Gasteiger partial charge in [-0.2, -0.15) is 5.01 Å². The van der Waals surface area contributed by atoms with E-state index in [2.05, 4.69) is 13.8 Å². The van der Waals surface area contributed by atoms with Crippen LogP contribution in [-0.2, 0) is 12.8 Å². The van der Waals surface area contributed by atoms with E-state index in [9.17, 15) is 9.59 Å². The van der Waals surface area contributed by atoms with Gasteiger partial charge in [-0.1, -0.05) is 32.9 Å². The predicted octanol–water partition coefficient (Wildman–Crippen LogP) is 3.18. The van der Waals surface area contributed by atoms with Crippen molar-refractivity contribution in [2.24, 2.45) is 5.92 Å². The minimum atomic E-state index is -0.248. The van der Waals surface area contributed by atoms with E-state index in [1.807, 2.05) is 19.2 Å². The van der Waals surface area contributed by atoms with Gasteiger partial charge >= 0.3 is 0 Å². The van der Waals surface area contributed by atoms with Crippen molar-refractivity contribution in [1.29, 1.82) is 0 Å². The SMILES string of the molecule is CCc1c(CC(C)C)ccn1N1C(=O)c2ccccc2C1=O. The summed E-state index contributed by atoms with van der Waals surface area (Å²) in [7, 11) is 0. The number of hydrogen-bond acceptors (Lipinski definition) is 2. The van der Waals surface area contributed by atoms with E-state index < -0.39 is 0 Å². The molecule has 0 bridgehead atoms. The minimum absolute atomic E-state index is 0.248. The lowest BCUT2D eigenvalue weighted by Crippen LogP contribution is -2.40. The quantitative estimate of drug-likeness (QED) is 0.813. The Morgan fingerprint density at radius 2 is 1.59 bits per heavy atom. The third-order valence-electron chi connectivity index (χ3n) is 4.02. The zero-order chi connectivity index (χ0) is 15.9. The van der Waals surface area contributed by atoms with Crippen molar-refractivity contribution in [3.05, 3.63) is 58.9 Å². The van der Waals surface area contributed by atoms with Gasteiger partial charge in [-0.15, -0.1) is 0 Å². The number of hydrogen-bond donors (Lipinski definition) is 0. The van der Waals surface area contributed by atoms with Crippen LogP contribution in [0.3, 0.4) is 0 Å². The number of amides is 2. The molecule has 0 unspecified atom stereocenters. The summed E-state index contributed by atoms with van der Waals surface area (Å²) in [5, 5.41) is 1.26. The van der Waals surface area contributed by atoms with E-state index in [-0.39, 0.29) is 11.8 Å². The highest BCUT2D eigenvalue weighted by Gasteiger charge is 2.37. The fourth-order valence-corrected chi connectivity index (χ4v) is 3.07. The van der Waals surface area contributed by atoms with Crippen LogP contribution in [0.25, 0.3) is 0 Å². The number of aromatic nitrogens is 1. The van der Waals surface area contributed by atoms with E-state index >= 15 is 0 Å². The summed E-state index contributed by atoms with van der Waals surface area (Å²) in [5.74, 6) is 0.0346. The summed E-state index contributed by atoms with van der Waals surface area (Å²) in [4.78, 5) is 25.2. The number of carbonyl (C=O) groups is 2. The molecule has 114 valence electrons. The molecular formula is C18H20N2O2. The van der Waals surface area contributed by atoms with E-state index in [1.54, 1.807) is 28.9 Å². The molecule has 2 heterocycles. The summed E-state index contributed by atoms with van der Waals surface area (Å²) >= 11 is 0. The van der Waals surface area contributed by atoms with Gasteiger partial charge < -0.3 is 0 Å². The van der Waals surface area contributed by atoms with Crippen LogP contribution >= 0.6 is 0 Å². The summed E-state index contributed by atoms with van der Waals surface area (Å²) < 4.78 is 1.72. The molecule has 2 aromatic rings. The number of rotatable bonds is 4. The topological polar surface area (TPSA) is 42.3 Å². The average molecular weight is 296 g/mol. The van der Waals surface area contributed by atoms with Crippen molar-refractivity contribution < 1.29 is 9.59 Å². The molecule has 0 fully saturated rings. The van der Waals surface area contributed by atoms with Gasteiger partial charge in [-0.25, -0.2) is 0 Å². The van der Waals surface area contributed by atoms with E-state index in [0.717, 1.165) is 18.5 Å². The van der Waals surface area contributed by atoms with Gasteiger partial charge in [0.1, 0.15) is 0 Å². The van der Waals surface area contributed by atoms with E-state index in [0.29, 0.717) is 17.0 Å². The van der Waals surface area contributed by atoms with Crippen LogP contribution in [0.15, 0.2) is 36.5 Å². The minimum Gasteiger partial charge on any atom is -0.267 e. The Hall–Kier alpha value is -2.36. The fourth-order valence-electron chi connectivity index (χ4n) is 3.07. The number of benzene rings is 1. The van der Waals surface area contributed by atoms with Crippen LogP contribution in [0.5, 0.6) is 0 Å². The maximum Gasteiger partial charge on any atom is 0.281 e. The summed E-state index contributed by atoms with van der Waals surface area (Å²) in [6.07, 6.45) is 3.56. The largest absolute Gasteiger partial charge is 0.281 e. The molecule has 0 aliphatic carbocycles. The first-order valence-corrected chi connectivity index (χ1v) is 7.71. The van der Waals surface area contributed by atoms with Crippen molar-refractivity contribution in [3.8, 4) is 0 Å². The molecule has 1 aliphatic rings. The predicted molar refractivity (Wildman–Crippen MR) is 85.7 cm³/mol. The molecule has 0 radical (unpaired) electrons. The molecule has 1 aromatic carbocycles. The lowest BCUT2D eigenvalue weighted by molar-refractivity contribution is 0.0885. The molecule has 0 saturated heterocycles. The van der Waals surface area contributed by atoms with Crippen LogP contribution in [0, 0.1) is 5.92 Å². The number of nitrogens with zero attached hydrogens (tertiary/aromatic N) is 2. The molecule has 1 aliphatic heterocycles. The smallest absolute Gasteiger partial charge is 0.267 e. The second-order valence-electron chi connectivity index (χ2n) is 6.05. The van der Waals surface area contributed by atoms with Crippen LogP contribution in [0.4, 0.5) is 0 Å². The van der Waals surface area contributed by atoms with E-state index in [4.69, 9.17) is 0 Å². The maximum atomic E-state index is 12.6. The molecule has 22 heavy (non-hydrogen) atoms. The normalized spacial score (nSPS) is 14.1. The average Bonchev–Trinajstić information content (AvgIpc) is 2.99. The van der Waals surface area contributed by atoms with Gasteiger partial charge in [-0.05, 0) is 42.5 Å². The van der Waals surface area contributed by atoms with Gasteiger partial charge in [0.25, 0.3) is 11.8 Å². The van der Waals surface area contributed by atoms with Crippen molar-refractivity contribution >= 4 is 11.8 Å². The van der Waals surface area contributed by atoms with Crippen LogP contribution in [-0.4, -0.2) is 16.5 Å². The molecule has 2 amide bonds. The first-order valence-electron chi connectivity index (χ1n) is 7.71. The van der Waals surface area contributed by atoms with Crippen molar-refractivity contribution in [2.45, 2.75) is 33.6 Å². The van der Waals surface area contributed by atoms with Gasteiger partial charge in [0.2, 0.25) is 0 Å².